The van der Waals surface area contributed by atoms with E-state index in [2.05, 4.69) is 41.5 Å². The van der Waals surface area contributed by atoms with Gasteiger partial charge in [0, 0.05) is 18.9 Å². The Morgan fingerprint density at radius 2 is 1.75 bits per heavy atom. The highest BCUT2D eigenvalue weighted by molar-refractivity contribution is 5.93. The van der Waals surface area contributed by atoms with Crippen molar-refractivity contribution < 1.29 is 14.3 Å². The fourth-order valence-corrected chi connectivity index (χ4v) is 4.46. The zero-order valence-electron chi connectivity index (χ0n) is 19.0. The van der Waals surface area contributed by atoms with Crippen molar-refractivity contribution in [2.24, 2.45) is 4.99 Å². The lowest BCUT2D eigenvalue weighted by Gasteiger charge is -2.31. The molecule has 0 bridgehead atoms. The van der Waals surface area contributed by atoms with Crippen molar-refractivity contribution in [3.05, 3.63) is 82.7 Å². The van der Waals surface area contributed by atoms with Crippen molar-refractivity contribution in [3.63, 3.8) is 0 Å². The quantitative estimate of drug-likeness (QED) is 0.191. The van der Waals surface area contributed by atoms with Gasteiger partial charge in [0.25, 0.3) is 0 Å². The molecule has 1 aliphatic rings. The zero-order chi connectivity index (χ0) is 22.8. The van der Waals surface area contributed by atoms with Gasteiger partial charge < -0.3 is 10.1 Å². The summed E-state index contributed by atoms with van der Waals surface area (Å²) >= 11 is 0. The Hall–Kier alpha value is -3.21. The number of nitrogens with one attached hydrogen (secondary N) is 1. The average Bonchev–Trinajstić information content (AvgIpc) is 3.33. The Labute approximate surface area is 190 Å². The number of aliphatic imine (C=N–C) groups is 1. The third-order valence-electron chi connectivity index (χ3n) is 6.29. The maximum atomic E-state index is 11.8. The normalized spacial score (nSPS) is 16.2. The number of rotatable bonds is 10. The van der Waals surface area contributed by atoms with Crippen molar-refractivity contribution in [3.8, 4) is 0 Å². The van der Waals surface area contributed by atoms with Crippen LogP contribution in [0.2, 0.25) is 0 Å². The first-order valence-electron chi connectivity index (χ1n) is 11.3. The van der Waals surface area contributed by atoms with Gasteiger partial charge in [0.05, 0.1) is 0 Å². The van der Waals surface area contributed by atoms with Gasteiger partial charge in [-0.05, 0) is 36.0 Å². The second kappa shape index (κ2) is 11.4. The Morgan fingerprint density at radius 1 is 1.03 bits per heavy atom. The van der Waals surface area contributed by atoms with Gasteiger partial charge in [0.1, 0.15) is 18.1 Å². The number of carbonyl (C=O) groups excluding carboxylic acids is 2. The highest BCUT2D eigenvalue weighted by Gasteiger charge is 2.37. The first-order chi connectivity index (χ1) is 15.6. The van der Waals surface area contributed by atoms with Gasteiger partial charge in [0.15, 0.2) is 18.3 Å². The summed E-state index contributed by atoms with van der Waals surface area (Å²) in [7, 11) is 1.71. The van der Waals surface area contributed by atoms with E-state index in [0.717, 1.165) is 24.8 Å². The minimum Gasteiger partial charge on any atom is -0.483 e. The minimum absolute atomic E-state index is 0.0153. The molecule has 3 rings (SSSR count). The zero-order valence-corrected chi connectivity index (χ0v) is 19.0. The predicted molar refractivity (Wildman–Crippen MR) is 127 cm³/mol. The number of allylic oxidation sites excluding steroid dienone is 2. The number of hydrogen-bond donors (Lipinski definition) is 1. The molecule has 32 heavy (non-hydrogen) atoms. The van der Waals surface area contributed by atoms with E-state index in [4.69, 9.17) is 4.74 Å². The summed E-state index contributed by atoms with van der Waals surface area (Å²) in [6.45, 7) is 2.37. The molecule has 1 N–H and O–H groups in total. The number of aryl methyl sites for hydroxylation is 1. The van der Waals surface area contributed by atoms with Crippen LogP contribution in [0.15, 0.2) is 71.0 Å². The number of carbonyl (C=O) groups is 2. The van der Waals surface area contributed by atoms with E-state index >= 15 is 0 Å². The van der Waals surface area contributed by atoms with Crippen LogP contribution in [0, 0.1) is 0 Å². The van der Waals surface area contributed by atoms with Gasteiger partial charge in [-0.15, -0.1) is 0 Å². The smallest absolute Gasteiger partial charge is 0.187 e. The number of hydrogen-bond acceptors (Lipinski definition) is 4. The molecule has 0 heterocycles. The van der Waals surface area contributed by atoms with E-state index in [1.807, 2.05) is 30.3 Å². The molecule has 2 aromatic carbocycles. The molecule has 5 heteroatoms. The molecule has 1 aliphatic carbocycles. The summed E-state index contributed by atoms with van der Waals surface area (Å²) in [5.41, 5.74) is 3.65. The van der Waals surface area contributed by atoms with Gasteiger partial charge in [-0.1, -0.05) is 74.4 Å². The summed E-state index contributed by atoms with van der Waals surface area (Å²) in [4.78, 5) is 27.9. The molecule has 0 aliphatic heterocycles. The maximum Gasteiger partial charge on any atom is 0.187 e. The highest BCUT2D eigenvalue weighted by Crippen LogP contribution is 2.44. The van der Waals surface area contributed by atoms with Crippen LogP contribution >= 0.6 is 0 Å². The van der Waals surface area contributed by atoms with E-state index in [0.29, 0.717) is 24.8 Å². The maximum absolute atomic E-state index is 11.8. The summed E-state index contributed by atoms with van der Waals surface area (Å²) < 4.78 is 5.65. The Balaban J connectivity index is 1.80. The summed E-state index contributed by atoms with van der Waals surface area (Å²) in [5, 5.41) is 3.10. The Kier molecular flexibility index (Phi) is 8.37. The van der Waals surface area contributed by atoms with Crippen LogP contribution in [0.3, 0.4) is 0 Å². The standard InChI is InChI=1S/C27H32N2O3/c1-3-21-12-9-13-23(16-21)27(14-7-8-15-27)17-26(28-2)29-24(18-30)25(19-31)32-20-22-10-5-4-6-11-22/h4-6,9-13,16,18-19H,3,7-8,14-15,17,20H2,1-2H3,(H,28,29)/b25-24+. The molecule has 0 unspecified atom stereocenters. The third-order valence-corrected chi connectivity index (χ3v) is 6.29. The van der Waals surface area contributed by atoms with Crippen LogP contribution in [-0.2, 0) is 32.8 Å². The first-order valence-corrected chi connectivity index (χ1v) is 11.3. The van der Waals surface area contributed by atoms with E-state index in [-0.39, 0.29) is 23.5 Å². The van der Waals surface area contributed by atoms with Crippen molar-refractivity contribution in [1.29, 1.82) is 0 Å². The molecule has 0 radical (unpaired) electrons. The second-order valence-electron chi connectivity index (χ2n) is 8.30. The van der Waals surface area contributed by atoms with Gasteiger partial charge in [0.2, 0.25) is 0 Å². The fourth-order valence-electron chi connectivity index (χ4n) is 4.46. The van der Waals surface area contributed by atoms with Crippen molar-refractivity contribution in [2.45, 2.75) is 57.5 Å². The molecular weight excluding hydrogens is 400 g/mol. The predicted octanol–water partition coefficient (Wildman–Crippen LogP) is 4.90. The van der Waals surface area contributed by atoms with E-state index in [1.54, 1.807) is 7.05 Å². The number of ether oxygens (including phenoxy) is 1. The monoisotopic (exact) mass is 432 g/mol. The van der Waals surface area contributed by atoms with Crippen LogP contribution in [0.25, 0.3) is 0 Å². The summed E-state index contributed by atoms with van der Waals surface area (Å²) in [6.07, 6.45) is 7.36. The molecule has 0 aromatic heterocycles. The van der Waals surface area contributed by atoms with Crippen LogP contribution in [0.1, 0.15) is 55.7 Å². The van der Waals surface area contributed by atoms with Crippen LogP contribution in [0.5, 0.6) is 0 Å². The van der Waals surface area contributed by atoms with Gasteiger partial charge in [-0.2, -0.15) is 0 Å². The molecular formula is C27H32N2O3. The largest absolute Gasteiger partial charge is 0.483 e. The molecule has 0 spiro atoms. The second-order valence-corrected chi connectivity index (χ2v) is 8.30. The lowest BCUT2D eigenvalue weighted by Crippen LogP contribution is -2.34. The minimum atomic E-state index is -0.0206. The van der Waals surface area contributed by atoms with E-state index < -0.39 is 0 Å². The molecule has 0 saturated heterocycles. The summed E-state index contributed by atoms with van der Waals surface area (Å²) in [5.74, 6) is 0.664. The fraction of sp³-hybridized carbons (Fsp3) is 0.370. The Bertz CT molecular complexity index is 973. The summed E-state index contributed by atoms with van der Waals surface area (Å²) in [6, 6.07) is 18.3. The number of amidine groups is 1. The highest BCUT2D eigenvalue weighted by atomic mass is 16.5. The lowest BCUT2D eigenvalue weighted by atomic mass is 9.75. The van der Waals surface area contributed by atoms with Crippen LogP contribution in [-0.4, -0.2) is 25.5 Å². The topological polar surface area (TPSA) is 67.8 Å². The van der Waals surface area contributed by atoms with E-state index in [1.165, 1.54) is 24.0 Å². The van der Waals surface area contributed by atoms with Gasteiger partial charge >= 0.3 is 0 Å². The average molecular weight is 433 g/mol. The molecule has 0 amide bonds. The molecule has 2 aromatic rings. The van der Waals surface area contributed by atoms with E-state index in [9.17, 15) is 9.59 Å². The molecule has 1 saturated carbocycles. The Morgan fingerprint density at radius 3 is 2.38 bits per heavy atom. The SMILES string of the molecule is CCc1cccc(C2(CC(=NC)N/C(C=O)=C(\C=O)OCc3ccccc3)CCCC2)c1. The van der Waals surface area contributed by atoms with Gasteiger partial charge in [-0.25, -0.2) is 0 Å². The van der Waals surface area contributed by atoms with Crippen LogP contribution in [0.4, 0.5) is 0 Å². The van der Waals surface area contributed by atoms with Crippen LogP contribution < -0.4 is 5.32 Å². The number of benzene rings is 2. The van der Waals surface area contributed by atoms with Gasteiger partial charge in [-0.3, -0.25) is 14.6 Å². The number of nitrogens with zero attached hydrogens (tertiary/aromatic N) is 1. The first kappa shape index (κ1) is 23.5. The van der Waals surface area contributed by atoms with Crippen molar-refractivity contribution in [2.75, 3.05) is 7.05 Å². The lowest BCUT2D eigenvalue weighted by molar-refractivity contribution is -0.110. The molecule has 168 valence electrons. The number of aldehydes is 2. The molecule has 1 fully saturated rings. The molecule has 0 atom stereocenters. The third kappa shape index (κ3) is 5.72. The van der Waals surface area contributed by atoms with Crippen molar-refractivity contribution >= 4 is 18.4 Å². The molecule has 5 nitrogen and oxygen atoms in total. The van der Waals surface area contributed by atoms with Crippen molar-refractivity contribution in [1.82, 2.24) is 5.32 Å².